The number of aliphatic hydroxyl groups excluding tert-OH is 1. The second kappa shape index (κ2) is 30.6. The van der Waals surface area contributed by atoms with Crippen LogP contribution < -0.4 is 14.8 Å². The Kier molecular flexibility index (Phi) is 25.3. The van der Waals surface area contributed by atoms with E-state index in [2.05, 4.69) is 36.5 Å². The predicted octanol–water partition coefficient (Wildman–Crippen LogP) is 10.7. The Balaban J connectivity index is 1.27. The average molecular weight is 910 g/mol. The highest BCUT2D eigenvalue weighted by Gasteiger charge is 2.53. The predicted molar refractivity (Wildman–Crippen MR) is 253 cm³/mol. The lowest BCUT2D eigenvalue weighted by molar-refractivity contribution is -0.365. The molecule has 0 bridgehead atoms. The molecule has 2 aliphatic rings. The molecule has 4 rings (SSSR count). The zero-order valence-corrected chi connectivity index (χ0v) is 40.5. The smallest absolute Gasteiger partial charge is 0.306 e. The van der Waals surface area contributed by atoms with Gasteiger partial charge in [0.25, 0.3) is 0 Å². The van der Waals surface area contributed by atoms with E-state index in [1.165, 1.54) is 49.7 Å². The van der Waals surface area contributed by atoms with E-state index in [4.69, 9.17) is 33.2 Å². The third-order valence-corrected chi connectivity index (χ3v) is 12.6. The number of amides is 1. The maximum atomic E-state index is 13.9. The van der Waals surface area contributed by atoms with E-state index in [0.29, 0.717) is 19.3 Å². The zero-order chi connectivity index (χ0) is 46.7. The highest BCUT2D eigenvalue weighted by molar-refractivity contribution is 5.78. The number of ether oxygens (including phenoxy) is 7. The largest absolute Gasteiger partial charge is 0.497 e. The summed E-state index contributed by atoms with van der Waals surface area (Å²) in [7, 11) is 3.34. The number of carbonyl (C=O) groups is 3. The lowest BCUT2D eigenvalue weighted by atomic mass is 9.94. The van der Waals surface area contributed by atoms with Gasteiger partial charge in [-0.15, -0.1) is 0 Å². The molecule has 2 fully saturated rings. The molecule has 2 saturated heterocycles. The van der Waals surface area contributed by atoms with Crippen LogP contribution in [-0.4, -0.2) is 86.3 Å². The molecule has 0 spiro atoms. The van der Waals surface area contributed by atoms with Crippen LogP contribution >= 0.6 is 0 Å². The minimum Gasteiger partial charge on any atom is -0.497 e. The Morgan fingerprint density at radius 3 is 1.72 bits per heavy atom. The van der Waals surface area contributed by atoms with Crippen LogP contribution in [0.15, 0.2) is 48.5 Å². The third-order valence-electron chi connectivity index (χ3n) is 12.6. The van der Waals surface area contributed by atoms with Crippen molar-refractivity contribution >= 4 is 17.8 Å². The summed E-state index contributed by atoms with van der Waals surface area (Å²) in [5, 5.41) is 14.2. The Labute approximate surface area is 390 Å². The van der Waals surface area contributed by atoms with Gasteiger partial charge in [0.15, 0.2) is 18.2 Å². The van der Waals surface area contributed by atoms with Gasteiger partial charge in [-0.1, -0.05) is 121 Å². The highest BCUT2D eigenvalue weighted by Crippen LogP contribution is 2.34. The van der Waals surface area contributed by atoms with Crippen molar-refractivity contribution in [1.82, 2.24) is 5.32 Å². The summed E-state index contributed by atoms with van der Waals surface area (Å²) in [5.41, 5.74) is 2.56. The molecule has 0 radical (unpaired) electrons. The number of nitrogens with one attached hydrogen (secondary N) is 1. The maximum Gasteiger partial charge on any atom is 0.306 e. The number of esters is 2. The fourth-order valence-electron chi connectivity index (χ4n) is 8.77. The van der Waals surface area contributed by atoms with Gasteiger partial charge >= 0.3 is 11.9 Å². The standard InChI is InChI=1S/C53H83NO11/c1-6-7-8-9-10-11-12-17-22-27-44(62-47(56)28-23-18-13-15-20-25-40-30-34-42(59-4)35-31-40)38-46(55)54-49-51(50-45(63-52(49)58)39-61-53(2,3)65-50)64-48(57)29-24-19-14-16-21-26-41-32-36-43(60-5)37-33-41/h30-37,44-45,49-52,58H,6-29,38-39H2,1-5H3,(H,54,55)/t44-,45+,49+,50+,51+,52+/m0/s1. The third kappa shape index (κ3) is 21.2. The molecule has 0 saturated carbocycles. The summed E-state index contributed by atoms with van der Waals surface area (Å²) in [6.07, 6.45) is 18.2. The number of fused-ring (bicyclic) bond motifs is 1. The summed E-state index contributed by atoms with van der Waals surface area (Å²) in [6, 6.07) is 15.2. The second-order valence-electron chi connectivity index (χ2n) is 18.6. The molecule has 12 heteroatoms. The topological polar surface area (TPSA) is 148 Å². The number of aliphatic hydroxyl groups is 1. The minimum absolute atomic E-state index is 0.0833. The number of methoxy groups -OCH3 is 2. The van der Waals surface area contributed by atoms with E-state index in [1.54, 1.807) is 28.1 Å². The molecular formula is C53H83NO11. The number of hydrogen-bond acceptors (Lipinski definition) is 11. The number of unbranched alkanes of at least 4 members (excludes halogenated alkanes) is 16. The first-order valence-electron chi connectivity index (χ1n) is 25.1. The van der Waals surface area contributed by atoms with Crippen molar-refractivity contribution in [1.29, 1.82) is 0 Å². The first-order valence-corrected chi connectivity index (χ1v) is 25.1. The molecule has 2 aromatic rings. The Morgan fingerprint density at radius 2 is 1.18 bits per heavy atom. The van der Waals surface area contributed by atoms with Crippen molar-refractivity contribution in [2.75, 3.05) is 20.8 Å². The van der Waals surface area contributed by atoms with Gasteiger partial charge in [-0.25, -0.2) is 0 Å². The summed E-state index contributed by atoms with van der Waals surface area (Å²) in [4.78, 5) is 40.4. The van der Waals surface area contributed by atoms with Crippen LogP contribution in [0.5, 0.6) is 11.5 Å². The molecule has 65 heavy (non-hydrogen) atoms. The van der Waals surface area contributed by atoms with E-state index in [-0.39, 0.29) is 25.4 Å². The van der Waals surface area contributed by atoms with E-state index in [9.17, 15) is 19.5 Å². The zero-order valence-electron chi connectivity index (χ0n) is 40.5. The molecule has 12 nitrogen and oxygen atoms in total. The lowest BCUT2D eigenvalue weighted by Crippen LogP contribution is -2.69. The fourth-order valence-corrected chi connectivity index (χ4v) is 8.77. The molecule has 6 atom stereocenters. The van der Waals surface area contributed by atoms with Gasteiger partial charge in [0.1, 0.15) is 35.9 Å². The van der Waals surface area contributed by atoms with Crippen molar-refractivity contribution in [3.63, 3.8) is 0 Å². The van der Waals surface area contributed by atoms with Gasteiger partial charge in [0.2, 0.25) is 5.91 Å². The lowest BCUT2D eigenvalue weighted by Gasteiger charge is -2.49. The first kappa shape index (κ1) is 53.9. The Morgan fingerprint density at radius 1 is 0.692 bits per heavy atom. The molecule has 0 aliphatic carbocycles. The number of carbonyl (C=O) groups excluding carboxylic acids is 3. The first-order chi connectivity index (χ1) is 31.5. The Hall–Kier alpha value is -3.71. The SMILES string of the molecule is CCCCCCCCCCC[C@@H](CC(=O)N[C@@H]1[C@@H](OC(=O)CCCCCCCc2ccc(OC)cc2)[C@@H]2OC(C)(C)OC[C@H]2O[C@H]1O)OC(=O)CCCCCCCc1ccc(OC)cc1. The van der Waals surface area contributed by atoms with Crippen LogP contribution in [0.3, 0.4) is 0 Å². The summed E-state index contributed by atoms with van der Waals surface area (Å²) < 4.78 is 40.5. The van der Waals surface area contributed by atoms with Gasteiger partial charge in [0.05, 0.1) is 27.2 Å². The van der Waals surface area contributed by atoms with E-state index in [1.807, 2.05) is 24.3 Å². The molecule has 0 unspecified atom stereocenters. The number of rotatable bonds is 33. The Bertz CT molecular complexity index is 1620. The molecule has 2 N–H and O–H groups in total. The normalized spacial score (nSPS) is 20.6. The van der Waals surface area contributed by atoms with Crippen molar-refractivity contribution < 1.29 is 52.6 Å². The van der Waals surface area contributed by atoms with Gasteiger partial charge < -0.3 is 43.6 Å². The molecule has 0 aromatic heterocycles. The van der Waals surface area contributed by atoms with Crippen LogP contribution in [0.2, 0.25) is 0 Å². The van der Waals surface area contributed by atoms with Crippen LogP contribution in [-0.2, 0) is 50.9 Å². The van der Waals surface area contributed by atoms with Gasteiger partial charge in [-0.2, -0.15) is 0 Å². The molecule has 366 valence electrons. The molecule has 2 heterocycles. The summed E-state index contributed by atoms with van der Waals surface area (Å²) in [5.74, 6) is -0.444. The molecular weight excluding hydrogens is 827 g/mol. The van der Waals surface area contributed by atoms with Gasteiger partial charge in [-0.3, -0.25) is 14.4 Å². The highest BCUT2D eigenvalue weighted by atomic mass is 16.7. The average Bonchev–Trinajstić information content (AvgIpc) is 3.29. The van der Waals surface area contributed by atoms with Crippen molar-refractivity contribution in [3.05, 3.63) is 59.7 Å². The van der Waals surface area contributed by atoms with Crippen molar-refractivity contribution in [2.45, 2.75) is 224 Å². The van der Waals surface area contributed by atoms with E-state index < -0.39 is 54.4 Å². The van der Waals surface area contributed by atoms with E-state index in [0.717, 1.165) is 101 Å². The van der Waals surface area contributed by atoms with Crippen molar-refractivity contribution in [3.8, 4) is 11.5 Å². The van der Waals surface area contributed by atoms with Gasteiger partial charge in [-0.05, 0) is 101 Å². The van der Waals surface area contributed by atoms with Crippen LogP contribution in [0.4, 0.5) is 0 Å². The quantitative estimate of drug-likeness (QED) is 0.0521. The number of hydrogen-bond donors (Lipinski definition) is 2. The molecule has 1 amide bonds. The van der Waals surface area contributed by atoms with E-state index >= 15 is 0 Å². The van der Waals surface area contributed by atoms with Crippen LogP contribution in [0.1, 0.15) is 180 Å². The summed E-state index contributed by atoms with van der Waals surface area (Å²) >= 11 is 0. The fraction of sp³-hybridized carbons (Fsp3) is 0.717. The number of aryl methyl sites for hydroxylation is 2. The van der Waals surface area contributed by atoms with Crippen LogP contribution in [0, 0.1) is 0 Å². The number of benzene rings is 2. The van der Waals surface area contributed by atoms with Gasteiger partial charge in [0, 0.05) is 12.8 Å². The molecule has 2 aromatic carbocycles. The monoisotopic (exact) mass is 910 g/mol. The minimum atomic E-state index is -1.48. The molecule has 2 aliphatic heterocycles. The van der Waals surface area contributed by atoms with Crippen LogP contribution in [0.25, 0.3) is 0 Å². The second-order valence-corrected chi connectivity index (χ2v) is 18.6. The summed E-state index contributed by atoms with van der Waals surface area (Å²) in [6.45, 7) is 5.89. The van der Waals surface area contributed by atoms with Crippen molar-refractivity contribution in [2.24, 2.45) is 0 Å². The maximum absolute atomic E-state index is 13.9.